The highest BCUT2D eigenvalue weighted by molar-refractivity contribution is 7.98. The highest BCUT2D eigenvalue weighted by Crippen LogP contribution is 2.12. The minimum Gasteiger partial charge on any atom is -0.508 e. The number of thioether (sulfide) groups is 1. The number of aromatic hydroxyl groups is 1. The number of amides is 3. The molecule has 0 aliphatic heterocycles. The van der Waals surface area contributed by atoms with Gasteiger partial charge in [-0.05, 0) is 42.0 Å². The molecule has 0 spiro atoms. The molecule has 11 nitrogen and oxygen atoms in total. The summed E-state index contributed by atoms with van der Waals surface area (Å²) in [6.07, 6.45) is 2.07. The van der Waals surface area contributed by atoms with Crippen LogP contribution in [0.5, 0.6) is 5.75 Å². The monoisotopic (exact) mass is 498 g/mol. The predicted octanol–water partition coefficient (Wildman–Crippen LogP) is -0.798. The van der Waals surface area contributed by atoms with Crippen molar-refractivity contribution in [2.24, 2.45) is 11.7 Å². The number of aliphatic hydroxyl groups excluding tert-OH is 1. The maximum atomic E-state index is 13.1. The maximum Gasteiger partial charge on any atom is 0.328 e. The van der Waals surface area contributed by atoms with Gasteiger partial charge in [0.15, 0.2) is 0 Å². The van der Waals surface area contributed by atoms with Crippen molar-refractivity contribution in [2.45, 2.75) is 50.9 Å². The summed E-state index contributed by atoms with van der Waals surface area (Å²) in [5.41, 5.74) is 6.56. The lowest BCUT2D eigenvalue weighted by Crippen LogP contribution is -2.58. The minimum absolute atomic E-state index is 0.0429. The number of carboxylic acid groups (broad SMARTS) is 1. The highest BCUT2D eigenvalue weighted by Gasteiger charge is 2.30. The minimum atomic E-state index is -1.52. The maximum absolute atomic E-state index is 13.1. The molecule has 0 bridgehead atoms. The van der Waals surface area contributed by atoms with E-state index in [2.05, 4.69) is 16.0 Å². The van der Waals surface area contributed by atoms with Crippen LogP contribution in [0.2, 0.25) is 0 Å². The first-order valence-electron chi connectivity index (χ1n) is 10.8. The molecule has 1 rings (SSSR count). The molecule has 3 amide bonds. The Balaban J connectivity index is 3.09. The van der Waals surface area contributed by atoms with Gasteiger partial charge < -0.3 is 37.0 Å². The van der Waals surface area contributed by atoms with Gasteiger partial charge in [-0.2, -0.15) is 11.8 Å². The van der Waals surface area contributed by atoms with E-state index >= 15 is 0 Å². The molecule has 190 valence electrons. The van der Waals surface area contributed by atoms with Gasteiger partial charge in [0.2, 0.25) is 17.7 Å². The third-order valence-electron chi connectivity index (χ3n) is 5.07. The number of phenols is 1. The van der Waals surface area contributed by atoms with Crippen molar-refractivity contribution in [3.8, 4) is 5.75 Å². The average molecular weight is 499 g/mol. The van der Waals surface area contributed by atoms with Gasteiger partial charge in [-0.1, -0.05) is 26.0 Å². The van der Waals surface area contributed by atoms with Gasteiger partial charge in [-0.15, -0.1) is 0 Å². The van der Waals surface area contributed by atoms with E-state index in [1.807, 2.05) is 6.26 Å². The van der Waals surface area contributed by atoms with E-state index in [0.717, 1.165) is 0 Å². The number of aliphatic carboxylic acids is 1. The summed E-state index contributed by atoms with van der Waals surface area (Å²) in [5.74, 6) is -3.02. The quantitative estimate of drug-likeness (QED) is 0.172. The second-order valence-electron chi connectivity index (χ2n) is 8.13. The summed E-state index contributed by atoms with van der Waals surface area (Å²) in [6, 6.07) is 1.54. The molecule has 0 saturated heterocycles. The van der Waals surface area contributed by atoms with Crippen LogP contribution in [-0.4, -0.2) is 81.8 Å². The lowest BCUT2D eigenvalue weighted by Gasteiger charge is -2.25. The lowest BCUT2D eigenvalue weighted by atomic mass is 10.0. The first-order chi connectivity index (χ1) is 16.0. The molecule has 1 aromatic carbocycles. The van der Waals surface area contributed by atoms with Crippen molar-refractivity contribution < 1.29 is 34.5 Å². The summed E-state index contributed by atoms with van der Waals surface area (Å²) >= 11 is 1.43. The van der Waals surface area contributed by atoms with Crippen LogP contribution < -0.4 is 21.7 Å². The van der Waals surface area contributed by atoms with E-state index in [4.69, 9.17) is 10.8 Å². The molecular weight excluding hydrogens is 464 g/mol. The summed E-state index contributed by atoms with van der Waals surface area (Å²) in [4.78, 5) is 49.5. The number of phenolic OH excluding ortho intramolecular Hbond substituents is 1. The second-order valence-corrected chi connectivity index (χ2v) is 9.11. The van der Waals surface area contributed by atoms with Crippen molar-refractivity contribution in [3.05, 3.63) is 29.8 Å². The standard InChI is InChI=1S/C22H34N4O7S/c1-12(2)18(23)21(31)25-16(10-13-4-6-14(28)7-5-13)20(30)24-15(8-9-34-3)19(29)26-17(11-27)22(32)33/h4-7,12,15-18,27-28H,8-11,23H2,1-3H3,(H,24,30)(H,25,31)(H,26,29)(H,32,33). The topological polar surface area (TPSA) is 191 Å². The van der Waals surface area contributed by atoms with Crippen LogP contribution in [0.1, 0.15) is 25.8 Å². The zero-order valence-corrected chi connectivity index (χ0v) is 20.3. The fraction of sp³-hybridized carbons (Fsp3) is 0.545. The van der Waals surface area contributed by atoms with E-state index < -0.39 is 54.5 Å². The number of rotatable bonds is 14. The van der Waals surface area contributed by atoms with Crippen LogP contribution in [0.25, 0.3) is 0 Å². The summed E-state index contributed by atoms with van der Waals surface area (Å²) in [5, 5.41) is 35.2. The number of aliphatic hydroxyl groups is 1. The van der Waals surface area contributed by atoms with E-state index in [0.29, 0.717) is 11.3 Å². The molecule has 12 heteroatoms. The van der Waals surface area contributed by atoms with Gasteiger partial charge in [-0.25, -0.2) is 4.79 Å². The molecule has 4 unspecified atom stereocenters. The molecule has 0 aliphatic rings. The van der Waals surface area contributed by atoms with E-state index in [1.54, 1.807) is 26.0 Å². The fourth-order valence-corrected chi connectivity index (χ4v) is 3.35. The van der Waals surface area contributed by atoms with Gasteiger partial charge in [0, 0.05) is 6.42 Å². The van der Waals surface area contributed by atoms with Crippen molar-refractivity contribution >= 4 is 35.5 Å². The van der Waals surface area contributed by atoms with E-state index in [1.165, 1.54) is 23.9 Å². The SMILES string of the molecule is CSCCC(NC(=O)C(Cc1ccc(O)cc1)NC(=O)C(N)C(C)C)C(=O)NC(CO)C(=O)O. The molecule has 0 radical (unpaired) electrons. The smallest absolute Gasteiger partial charge is 0.328 e. The van der Waals surface area contributed by atoms with Gasteiger partial charge >= 0.3 is 5.97 Å². The number of nitrogens with two attached hydrogens (primary N) is 1. The summed E-state index contributed by atoms with van der Waals surface area (Å²) in [6.45, 7) is 2.72. The third kappa shape index (κ3) is 9.57. The molecule has 4 atom stereocenters. The first kappa shape index (κ1) is 29.2. The van der Waals surface area contributed by atoms with Crippen LogP contribution in [0, 0.1) is 5.92 Å². The summed E-state index contributed by atoms with van der Waals surface area (Å²) in [7, 11) is 0. The molecule has 0 aromatic heterocycles. The van der Waals surface area contributed by atoms with Crippen LogP contribution in [0.3, 0.4) is 0 Å². The van der Waals surface area contributed by atoms with Gasteiger partial charge in [0.1, 0.15) is 23.9 Å². The molecule has 0 fully saturated rings. The van der Waals surface area contributed by atoms with E-state index in [9.17, 15) is 29.4 Å². The van der Waals surface area contributed by atoms with Crippen LogP contribution in [0.4, 0.5) is 0 Å². The fourth-order valence-electron chi connectivity index (χ4n) is 2.88. The molecule has 1 aromatic rings. The Bertz CT molecular complexity index is 835. The molecule has 0 saturated carbocycles. The van der Waals surface area contributed by atoms with Crippen LogP contribution in [0.15, 0.2) is 24.3 Å². The van der Waals surface area contributed by atoms with Gasteiger partial charge in [-0.3, -0.25) is 14.4 Å². The largest absolute Gasteiger partial charge is 0.508 e. The molecule has 0 heterocycles. The Kier molecular flexibility index (Phi) is 12.4. The van der Waals surface area contributed by atoms with E-state index in [-0.39, 0.29) is 24.5 Å². The normalized spacial score (nSPS) is 14.5. The van der Waals surface area contributed by atoms with Gasteiger partial charge in [0.25, 0.3) is 0 Å². The Morgan fingerprint density at radius 2 is 1.47 bits per heavy atom. The number of hydrogen-bond donors (Lipinski definition) is 7. The first-order valence-corrected chi connectivity index (χ1v) is 12.2. The van der Waals surface area contributed by atoms with Gasteiger partial charge in [0.05, 0.1) is 12.6 Å². The Morgan fingerprint density at radius 1 is 0.941 bits per heavy atom. The number of benzene rings is 1. The van der Waals surface area contributed by atoms with Crippen molar-refractivity contribution in [1.29, 1.82) is 0 Å². The number of carbonyl (C=O) groups is 4. The van der Waals surface area contributed by atoms with Crippen LogP contribution >= 0.6 is 11.8 Å². The molecule has 34 heavy (non-hydrogen) atoms. The zero-order valence-electron chi connectivity index (χ0n) is 19.5. The van der Waals surface area contributed by atoms with Crippen LogP contribution in [-0.2, 0) is 25.6 Å². The lowest BCUT2D eigenvalue weighted by molar-refractivity contribution is -0.143. The number of hydrogen-bond acceptors (Lipinski definition) is 8. The molecule has 8 N–H and O–H groups in total. The zero-order chi connectivity index (χ0) is 25.8. The predicted molar refractivity (Wildman–Crippen MR) is 128 cm³/mol. The number of carbonyl (C=O) groups excluding carboxylic acids is 3. The molecule has 0 aliphatic carbocycles. The second kappa shape index (κ2) is 14.4. The average Bonchev–Trinajstić information content (AvgIpc) is 2.79. The third-order valence-corrected chi connectivity index (χ3v) is 5.71. The van der Waals surface area contributed by atoms with Crippen molar-refractivity contribution in [3.63, 3.8) is 0 Å². The summed E-state index contributed by atoms with van der Waals surface area (Å²) < 4.78 is 0. The Labute approximate surface area is 202 Å². The highest BCUT2D eigenvalue weighted by atomic mass is 32.2. The number of carboxylic acids is 1. The molecular formula is C22H34N4O7S. The Morgan fingerprint density at radius 3 is 1.97 bits per heavy atom. The van der Waals surface area contributed by atoms with Crippen molar-refractivity contribution in [1.82, 2.24) is 16.0 Å². The van der Waals surface area contributed by atoms with Crippen molar-refractivity contribution in [2.75, 3.05) is 18.6 Å². The number of nitrogens with one attached hydrogen (secondary N) is 3. The Hall–Kier alpha value is -2.83.